The lowest BCUT2D eigenvalue weighted by Crippen LogP contribution is -2.11. The topological polar surface area (TPSA) is 50.7 Å². The number of hydrogen-bond donors (Lipinski definition) is 1. The van der Waals surface area contributed by atoms with Crippen LogP contribution < -0.4 is 5.32 Å². The summed E-state index contributed by atoms with van der Waals surface area (Å²) in [4.78, 5) is 13.8. The molecule has 0 saturated heterocycles. The van der Waals surface area contributed by atoms with E-state index in [0.717, 1.165) is 0 Å². The highest BCUT2D eigenvalue weighted by Gasteiger charge is 1.72. The van der Waals surface area contributed by atoms with E-state index in [1.54, 1.807) is 7.05 Å². The van der Waals surface area contributed by atoms with Crippen LogP contribution in [0.1, 0.15) is 21.8 Å². The third-order valence-electron chi connectivity index (χ3n) is 0.481. The maximum atomic E-state index is 9.70. The summed E-state index contributed by atoms with van der Waals surface area (Å²) in [5.41, 5.74) is 0. The van der Waals surface area contributed by atoms with Crippen molar-refractivity contribution < 1.29 is 9.63 Å². The predicted molar refractivity (Wildman–Crippen MR) is 49.8 cm³/mol. The Morgan fingerprint density at radius 3 is 1.73 bits per heavy atom. The number of rotatable bonds is 1. The number of amides is 1. The van der Waals surface area contributed by atoms with E-state index in [2.05, 4.69) is 22.0 Å². The largest absolute Gasteiger partial charge is 0.400 e. The summed E-state index contributed by atoms with van der Waals surface area (Å²) in [6.07, 6.45) is 0. The molecule has 0 rings (SSSR count). The fourth-order valence-corrected chi connectivity index (χ4v) is 0. The fraction of sp³-hybridized carbons (Fsp3) is 0.714. The van der Waals surface area contributed by atoms with Crippen molar-refractivity contribution in [1.82, 2.24) is 5.32 Å². The monoisotopic (exact) mass is 164 g/mol. The van der Waals surface area contributed by atoms with E-state index in [4.69, 9.17) is 0 Å². The highest BCUT2D eigenvalue weighted by molar-refractivity contribution is 5.72. The summed E-state index contributed by atoms with van der Waals surface area (Å²) in [5, 5.41) is 5.38. The van der Waals surface area contributed by atoms with Gasteiger partial charge in [0.2, 0.25) is 5.91 Å². The van der Waals surface area contributed by atoms with E-state index in [1.165, 1.54) is 14.0 Å². The van der Waals surface area contributed by atoms with Crippen molar-refractivity contribution in [2.45, 2.75) is 21.8 Å². The van der Waals surface area contributed by atoms with Gasteiger partial charge in [-0.1, -0.05) is 14.9 Å². The summed E-state index contributed by atoms with van der Waals surface area (Å²) < 4.78 is 0. The van der Waals surface area contributed by atoms with Crippen LogP contribution in [-0.2, 0) is 9.63 Å². The van der Waals surface area contributed by atoms with Crippen LogP contribution in [0.2, 0.25) is 0 Å². The molecule has 1 N–H and O–H groups in total. The second kappa shape index (κ2) is 23.1. The van der Waals surface area contributed by atoms with Crippen LogP contribution in [-0.4, -0.2) is 26.8 Å². The van der Waals surface area contributed by atoms with Crippen molar-refractivity contribution in [2.75, 3.05) is 14.2 Å². The van der Waals surface area contributed by atoms with Gasteiger partial charge in [-0.05, 0) is 0 Å². The number of carbonyl (C=O) groups excluding carboxylic acids is 1. The molecule has 0 radical (unpaired) electrons. The molecule has 0 saturated carbocycles. The van der Waals surface area contributed by atoms with Gasteiger partial charge in [-0.25, -0.2) is 0 Å². The molecule has 0 spiro atoms. The molecule has 0 unspecified atom stereocenters. The molecule has 0 atom stereocenters. The summed E-state index contributed by atoms with van der Waals surface area (Å²) in [7, 11) is 3.05. The number of carbonyl (C=O) groups is 1. The third kappa shape index (κ3) is 114. The first-order valence-corrected chi connectivity index (χ1v) is 2.36. The van der Waals surface area contributed by atoms with Gasteiger partial charge in [-0.15, -0.1) is 5.16 Å². The summed E-state index contributed by atoms with van der Waals surface area (Å²) in [6.45, 7) is 4.48. The maximum Gasteiger partial charge on any atom is 0.216 e. The minimum Gasteiger partial charge on any atom is -0.400 e. The molecule has 0 aliphatic rings. The van der Waals surface area contributed by atoms with Crippen molar-refractivity contribution in [2.24, 2.45) is 5.16 Å². The zero-order valence-electron chi connectivity index (χ0n) is 5.97. The van der Waals surface area contributed by atoms with Gasteiger partial charge in [-0.3, -0.25) is 4.79 Å². The molecular weight excluding hydrogens is 144 g/mol. The summed E-state index contributed by atoms with van der Waals surface area (Å²) in [5.74, 6) is 0.00463. The van der Waals surface area contributed by atoms with E-state index in [9.17, 15) is 4.79 Å². The average molecular weight is 164 g/mol. The molecule has 0 aliphatic heterocycles. The molecule has 11 heavy (non-hydrogen) atoms. The van der Waals surface area contributed by atoms with Gasteiger partial charge in [0.05, 0.1) is 0 Å². The Balaban J connectivity index is -0.0000000383. The van der Waals surface area contributed by atoms with Crippen LogP contribution in [0.25, 0.3) is 0 Å². The number of nitrogens with zero attached hydrogens (tertiary/aromatic N) is 1. The van der Waals surface area contributed by atoms with Gasteiger partial charge in [0.1, 0.15) is 7.11 Å². The minimum atomic E-state index is 0. The lowest BCUT2D eigenvalue weighted by atomic mass is 10.7. The molecule has 0 aromatic rings. The van der Waals surface area contributed by atoms with Crippen LogP contribution >= 0.6 is 0 Å². The van der Waals surface area contributed by atoms with Gasteiger partial charge in [0.25, 0.3) is 0 Å². The highest BCUT2D eigenvalue weighted by Crippen LogP contribution is 1.49. The Labute approximate surface area is 69.6 Å². The molecule has 70 valence electrons. The van der Waals surface area contributed by atoms with Crippen LogP contribution in [0.5, 0.6) is 0 Å². The Kier molecular flexibility index (Phi) is 47.3. The zero-order valence-corrected chi connectivity index (χ0v) is 5.97. The smallest absolute Gasteiger partial charge is 0.216 e. The Hall–Kier alpha value is -1.06. The summed E-state index contributed by atoms with van der Waals surface area (Å²) >= 11 is 0. The Bertz CT molecular complexity index is 84.5. The lowest BCUT2D eigenvalue weighted by Gasteiger charge is -1.80. The van der Waals surface area contributed by atoms with Crippen LogP contribution in [0.15, 0.2) is 5.16 Å². The lowest BCUT2D eigenvalue weighted by molar-refractivity contribution is -0.118. The third-order valence-corrected chi connectivity index (χ3v) is 0.481. The molecule has 0 aromatic carbocycles. The standard InChI is InChI=1S/C3H7NO.C2H5NO.2CH4/c1-3(5)4-2;1-3-4-2;;/h1-2H3,(H,4,5);1H2,2H3;2*1H4. The molecular formula is C7H20N2O2. The van der Waals surface area contributed by atoms with Gasteiger partial charge < -0.3 is 10.2 Å². The van der Waals surface area contributed by atoms with Gasteiger partial charge in [-0.2, -0.15) is 0 Å². The first-order valence-electron chi connectivity index (χ1n) is 2.36. The van der Waals surface area contributed by atoms with Crippen LogP contribution in [0, 0.1) is 0 Å². The predicted octanol–water partition coefficient (Wildman–Crippen LogP) is 1.27. The van der Waals surface area contributed by atoms with Crippen molar-refractivity contribution in [1.29, 1.82) is 0 Å². The minimum absolute atomic E-state index is 0. The van der Waals surface area contributed by atoms with Crippen molar-refractivity contribution in [3.05, 3.63) is 0 Å². The second-order valence-electron chi connectivity index (χ2n) is 1.12. The Morgan fingerprint density at radius 2 is 1.73 bits per heavy atom. The van der Waals surface area contributed by atoms with Gasteiger partial charge in [0, 0.05) is 20.7 Å². The van der Waals surface area contributed by atoms with Crippen molar-refractivity contribution >= 4 is 12.6 Å². The normalized spacial score (nSPS) is 5.00. The summed E-state index contributed by atoms with van der Waals surface area (Å²) in [6, 6.07) is 0. The molecule has 1 amide bonds. The fourth-order valence-electron chi connectivity index (χ4n) is 0. The van der Waals surface area contributed by atoms with E-state index in [1.807, 2.05) is 0 Å². The molecule has 0 bridgehead atoms. The highest BCUT2D eigenvalue weighted by atomic mass is 16.6. The number of nitrogens with one attached hydrogen (secondary N) is 1. The number of hydrogen-bond acceptors (Lipinski definition) is 3. The quantitative estimate of drug-likeness (QED) is 0.468. The first kappa shape index (κ1) is 22.5. The Morgan fingerprint density at radius 1 is 1.55 bits per heavy atom. The SMILES string of the molecule is C.C.C=NOC.CNC(C)=O. The van der Waals surface area contributed by atoms with E-state index in [0.29, 0.717) is 0 Å². The van der Waals surface area contributed by atoms with E-state index < -0.39 is 0 Å². The molecule has 0 heterocycles. The molecule has 0 fully saturated rings. The zero-order chi connectivity index (χ0) is 7.70. The maximum absolute atomic E-state index is 9.70. The van der Waals surface area contributed by atoms with Crippen molar-refractivity contribution in [3.8, 4) is 0 Å². The van der Waals surface area contributed by atoms with Crippen LogP contribution in [0.4, 0.5) is 0 Å². The van der Waals surface area contributed by atoms with Crippen molar-refractivity contribution in [3.63, 3.8) is 0 Å². The molecule has 4 nitrogen and oxygen atoms in total. The molecule has 0 aliphatic carbocycles. The van der Waals surface area contributed by atoms with Gasteiger partial charge >= 0.3 is 0 Å². The van der Waals surface area contributed by atoms with Gasteiger partial charge in [0.15, 0.2) is 0 Å². The van der Waals surface area contributed by atoms with Crippen LogP contribution in [0.3, 0.4) is 0 Å². The molecule has 4 heteroatoms. The molecule has 0 aromatic heterocycles. The van der Waals surface area contributed by atoms with E-state index in [-0.39, 0.29) is 20.8 Å². The first-order chi connectivity index (χ1) is 4.18. The van der Waals surface area contributed by atoms with E-state index >= 15 is 0 Å². The second-order valence-corrected chi connectivity index (χ2v) is 1.12. The number of oxime groups is 1. The average Bonchev–Trinajstić information content (AvgIpc) is 1.89.